The Morgan fingerprint density at radius 3 is 2.77 bits per heavy atom. The van der Waals surface area contributed by atoms with E-state index in [-0.39, 0.29) is 30.1 Å². The monoisotopic (exact) mass is 431 g/mol. The second-order valence-corrected chi connectivity index (χ2v) is 7.47. The Morgan fingerprint density at radius 2 is 2.03 bits per heavy atom. The minimum atomic E-state index is -0.655. The predicted molar refractivity (Wildman–Crippen MR) is 119 cm³/mol. The smallest absolute Gasteiger partial charge is 0.263 e. The molecule has 162 valence electrons. The molecule has 1 aliphatic rings. The molecule has 30 heavy (non-hydrogen) atoms. The number of rotatable bonds is 7. The predicted octanol–water partition coefficient (Wildman–Crippen LogP) is 3.64. The van der Waals surface area contributed by atoms with Crippen LogP contribution in [0.1, 0.15) is 49.2 Å². The molecule has 1 aliphatic heterocycles. The van der Waals surface area contributed by atoms with Gasteiger partial charge in [-0.25, -0.2) is 0 Å². The molecule has 0 aliphatic carbocycles. The molecule has 0 spiro atoms. The number of pyridine rings is 1. The minimum Gasteiger partial charge on any atom is -0.481 e. The van der Waals surface area contributed by atoms with Gasteiger partial charge in [0.25, 0.3) is 5.91 Å². The van der Waals surface area contributed by atoms with Gasteiger partial charge < -0.3 is 15.0 Å². The summed E-state index contributed by atoms with van der Waals surface area (Å²) in [5.74, 6) is 0.437. The molecule has 0 bridgehead atoms. The van der Waals surface area contributed by atoms with Gasteiger partial charge in [-0.1, -0.05) is 18.2 Å². The number of nitrogens with one attached hydrogen (secondary N) is 1. The zero-order valence-electron chi connectivity index (χ0n) is 17.5. The van der Waals surface area contributed by atoms with Crippen LogP contribution in [0.15, 0.2) is 48.7 Å². The van der Waals surface area contributed by atoms with Crippen LogP contribution in [0.4, 0.5) is 0 Å². The lowest BCUT2D eigenvalue weighted by molar-refractivity contribution is -0.141. The molecule has 1 aromatic heterocycles. The van der Waals surface area contributed by atoms with Crippen molar-refractivity contribution in [3.8, 4) is 5.75 Å². The van der Waals surface area contributed by atoms with E-state index in [4.69, 9.17) is 4.74 Å². The van der Waals surface area contributed by atoms with Crippen LogP contribution in [0, 0.1) is 0 Å². The molecule has 2 aromatic rings. The SMILES string of the molecule is CC(=O)c1cccc(OC(C)C(=O)N(Cc2ccccn2)C2CCCNCC2)c1.Cl. The summed E-state index contributed by atoms with van der Waals surface area (Å²) in [6.45, 7) is 5.62. The lowest BCUT2D eigenvalue weighted by Gasteiger charge is -2.33. The fourth-order valence-corrected chi connectivity index (χ4v) is 3.64. The van der Waals surface area contributed by atoms with Crippen molar-refractivity contribution >= 4 is 24.1 Å². The third-order valence-corrected chi connectivity index (χ3v) is 5.23. The van der Waals surface area contributed by atoms with Crippen molar-refractivity contribution in [1.29, 1.82) is 0 Å². The highest BCUT2D eigenvalue weighted by Crippen LogP contribution is 2.20. The fraction of sp³-hybridized carbons (Fsp3) is 0.435. The summed E-state index contributed by atoms with van der Waals surface area (Å²) >= 11 is 0. The van der Waals surface area contributed by atoms with E-state index in [2.05, 4.69) is 10.3 Å². The molecule has 1 saturated heterocycles. The third kappa shape index (κ3) is 6.54. The number of halogens is 1. The highest BCUT2D eigenvalue weighted by molar-refractivity contribution is 5.94. The van der Waals surface area contributed by atoms with E-state index in [1.165, 1.54) is 6.92 Å². The normalized spacial score (nSPS) is 17.2. The van der Waals surface area contributed by atoms with Crippen molar-refractivity contribution in [3.63, 3.8) is 0 Å². The molecule has 3 rings (SSSR count). The van der Waals surface area contributed by atoms with Gasteiger partial charge in [0.1, 0.15) is 5.75 Å². The van der Waals surface area contributed by atoms with Crippen LogP contribution in [-0.2, 0) is 11.3 Å². The minimum absolute atomic E-state index is 0. The van der Waals surface area contributed by atoms with Crippen LogP contribution in [0.5, 0.6) is 5.75 Å². The van der Waals surface area contributed by atoms with Crippen molar-refractivity contribution in [2.75, 3.05) is 13.1 Å². The van der Waals surface area contributed by atoms with Gasteiger partial charge in [0, 0.05) is 17.8 Å². The summed E-state index contributed by atoms with van der Waals surface area (Å²) < 4.78 is 5.93. The summed E-state index contributed by atoms with van der Waals surface area (Å²) in [6, 6.07) is 12.9. The summed E-state index contributed by atoms with van der Waals surface area (Å²) in [5, 5.41) is 3.40. The molecular weight excluding hydrogens is 402 g/mol. The van der Waals surface area contributed by atoms with Gasteiger partial charge >= 0.3 is 0 Å². The first-order valence-electron chi connectivity index (χ1n) is 10.2. The number of ether oxygens (including phenoxy) is 1. The van der Waals surface area contributed by atoms with E-state index in [9.17, 15) is 9.59 Å². The number of aromatic nitrogens is 1. The summed E-state index contributed by atoms with van der Waals surface area (Å²) in [6.07, 6.45) is 3.99. The maximum absolute atomic E-state index is 13.4. The molecule has 2 heterocycles. The van der Waals surface area contributed by atoms with Crippen molar-refractivity contribution in [2.45, 2.75) is 51.8 Å². The number of carbonyl (C=O) groups is 2. The molecule has 1 fully saturated rings. The molecule has 0 radical (unpaired) electrons. The maximum atomic E-state index is 13.4. The molecule has 0 saturated carbocycles. The Labute approximate surface area is 184 Å². The molecule has 7 heteroatoms. The standard InChI is InChI=1S/C23H29N3O3.ClH/c1-17(27)19-7-5-10-22(15-19)29-18(2)23(28)26(16-20-8-3-4-13-25-20)21-9-6-12-24-14-11-21;/h3-5,7-8,10,13,15,18,21,24H,6,9,11-12,14,16H2,1-2H3;1H. The van der Waals surface area contributed by atoms with Crippen molar-refractivity contribution in [2.24, 2.45) is 0 Å². The van der Waals surface area contributed by atoms with Gasteiger partial charge in [-0.3, -0.25) is 14.6 Å². The third-order valence-electron chi connectivity index (χ3n) is 5.23. The van der Waals surface area contributed by atoms with E-state index >= 15 is 0 Å². The molecule has 2 unspecified atom stereocenters. The van der Waals surface area contributed by atoms with E-state index in [1.54, 1.807) is 37.4 Å². The van der Waals surface area contributed by atoms with E-state index in [0.717, 1.165) is 38.0 Å². The topological polar surface area (TPSA) is 71.5 Å². The van der Waals surface area contributed by atoms with E-state index in [0.29, 0.717) is 17.9 Å². The van der Waals surface area contributed by atoms with Gasteiger partial charge in [0.15, 0.2) is 11.9 Å². The summed E-state index contributed by atoms with van der Waals surface area (Å²) in [7, 11) is 0. The van der Waals surface area contributed by atoms with E-state index < -0.39 is 6.10 Å². The van der Waals surface area contributed by atoms with Crippen LogP contribution in [0.3, 0.4) is 0 Å². The van der Waals surface area contributed by atoms with Crippen molar-refractivity contribution in [3.05, 3.63) is 59.9 Å². The van der Waals surface area contributed by atoms with Crippen LogP contribution < -0.4 is 10.1 Å². The number of amides is 1. The average Bonchev–Trinajstić information content (AvgIpc) is 3.02. The van der Waals surface area contributed by atoms with Crippen molar-refractivity contribution in [1.82, 2.24) is 15.2 Å². The lowest BCUT2D eigenvalue weighted by Crippen LogP contribution is -2.46. The summed E-state index contributed by atoms with van der Waals surface area (Å²) in [5.41, 5.74) is 1.44. The number of benzene rings is 1. The summed E-state index contributed by atoms with van der Waals surface area (Å²) in [4.78, 5) is 31.3. The van der Waals surface area contributed by atoms with Gasteiger partial charge in [-0.05, 0) is 70.5 Å². The van der Waals surface area contributed by atoms with Crippen LogP contribution in [0.2, 0.25) is 0 Å². The fourth-order valence-electron chi connectivity index (χ4n) is 3.64. The zero-order chi connectivity index (χ0) is 20.6. The van der Waals surface area contributed by atoms with Gasteiger partial charge in [0.2, 0.25) is 0 Å². The number of carbonyl (C=O) groups excluding carboxylic acids is 2. The quantitative estimate of drug-likeness (QED) is 0.677. The van der Waals surface area contributed by atoms with Crippen molar-refractivity contribution < 1.29 is 14.3 Å². The number of ketones is 1. The molecule has 6 nitrogen and oxygen atoms in total. The molecule has 1 aromatic carbocycles. The van der Waals surface area contributed by atoms with Crippen LogP contribution in [0.25, 0.3) is 0 Å². The highest BCUT2D eigenvalue weighted by atomic mass is 35.5. The van der Waals surface area contributed by atoms with E-state index in [1.807, 2.05) is 23.1 Å². The maximum Gasteiger partial charge on any atom is 0.263 e. The Hall–Kier alpha value is -2.44. The highest BCUT2D eigenvalue weighted by Gasteiger charge is 2.29. The molecule has 1 amide bonds. The first-order valence-corrected chi connectivity index (χ1v) is 10.2. The van der Waals surface area contributed by atoms with Crippen LogP contribution in [-0.4, -0.2) is 46.8 Å². The molecular formula is C23H30ClN3O3. The van der Waals surface area contributed by atoms with Gasteiger partial charge in [-0.2, -0.15) is 0 Å². The Bertz CT molecular complexity index is 823. The first-order chi connectivity index (χ1) is 14.0. The number of hydrogen-bond donors (Lipinski definition) is 1. The Kier molecular flexibility index (Phi) is 9.27. The average molecular weight is 432 g/mol. The zero-order valence-corrected chi connectivity index (χ0v) is 18.4. The van der Waals surface area contributed by atoms with Crippen LogP contribution >= 0.6 is 12.4 Å². The molecule has 2 atom stereocenters. The lowest BCUT2D eigenvalue weighted by atomic mass is 10.1. The molecule has 1 N–H and O–H groups in total. The second kappa shape index (κ2) is 11.7. The first kappa shape index (κ1) is 23.8. The number of Topliss-reactive ketones (excluding diaryl/α,β-unsaturated/α-hetero) is 1. The van der Waals surface area contributed by atoms with Gasteiger partial charge in [0.05, 0.1) is 12.2 Å². The number of nitrogens with zero attached hydrogens (tertiary/aromatic N) is 2. The number of hydrogen-bond acceptors (Lipinski definition) is 5. The Balaban J connectivity index is 0.00000320. The second-order valence-electron chi connectivity index (χ2n) is 7.47. The Morgan fingerprint density at radius 1 is 1.20 bits per heavy atom. The van der Waals surface area contributed by atoms with Gasteiger partial charge in [-0.15, -0.1) is 12.4 Å². The largest absolute Gasteiger partial charge is 0.481 e.